The number of allylic oxidation sites excluding steroid dienone is 1. The summed E-state index contributed by atoms with van der Waals surface area (Å²) in [4.78, 5) is 0. The highest BCUT2D eigenvalue weighted by molar-refractivity contribution is 5.73. The molecule has 0 atom stereocenters. The Hall–Kier alpha value is -1.82. The highest BCUT2D eigenvalue weighted by atomic mass is 14.1. The van der Waals surface area contributed by atoms with Crippen molar-refractivity contribution in [2.24, 2.45) is 0 Å². The molecule has 0 fully saturated rings. The van der Waals surface area contributed by atoms with Gasteiger partial charge >= 0.3 is 0 Å². The molecule has 0 unspecified atom stereocenters. The van der Waals surface area contributed by atoms with Gasteiger partial charge in [0.1, 0.15) is 0 Å². The number of aryl methyl sites for hydroxylation is 1. The Labute approximate surface area is 116 Å². The van der Waals surface area contributed by atoms with E-state index in [-0.39, 0.29) is 0 Å². The van der Waals surface area contributed by atoms with Gasteiger partial charge < -0.3 is 0 Å². The molecule has 0 saturated carbocycles. The van der Waals surface area contributed by atoms with Crippen LogP contribution in [0.1, 0.15) is 37.0 Å². The fourth-order valence-corrected chi connectivity index (χ4v) is 2.55. The van der Waals surface area contributed by atoms with E-state index >= 15 is 0 Å². The number of hydrogen-bond donors (Lipinski definition) is 0. The molecule has 2 aromatic rings. The lowest BCUT2D eigenvalue weighted by molar-refractivity contribution is 0.921. The second-order valence-corrected chi connectivity index (χ2v) is 4.99. The third-order valence-electron chi connectivity index (χ3n) is 3.39. The van der Waals surface area contributed by atoms with Gasteiger partial charge in [-0.3, -0.25) is 0 Å². The number of rotatable bonds is 4. The Bertz CT molecular complexity index is 576. The minimum atomic E-state index is 1.13. The monoisotopic (exact) mass is 250 g/mol. The minimum absolute atomic E-state index is 1.13. The van der Waals surface area contributed by atoms with Crippen LogP contribution in [0.25, 0.3) is 17.2 Å². The van der Waals surface area contributed by atoms with Gasteiger partial charge in [-0.2, -0.15) is 0 Å². The summed E-state index contributed by atoms with van der Waals surface area (Å²) in [5.74, 6) is 0. The van der Waals surface area contributed by atoms with Crippen molar-refractivity contribution in [3.05, 3.63) is 65.2 Å². The summed E-state index contributed by atoms with van der Waals surface area (Å²) < 4.78 is 0. The van der Waals surface area contributed by atoms with Crippen molar-refractivity contribution < 1.29 is 0 Å². The molecule has 0 N–H and O–H groups in total. The Morgan fingerprint density at radius 1 is 1.05 bits per heavy atom. The lowest BCUT2D eigenvalue weighted by atomic mass is 9.92. The summed E-state index contributed by atoms with van der Waals surface area (Å²) in [6.07, 6.45) is 6.63. The zero-order valence-electron chi connectivity index (χ0n) is 12.1. The lowest BCUT2D eigenvalue weighted by Gasteiger charge is -2.13. The molecule has 0 aliphatic carbocycles. The highest BCUT2D eigenvalue weighted by Gasteiger charge is 2.07. The van der Waals surface area contributed by atoms with E-state index in [1.807, 2.05) is 0 Å². The summed E-state index contributed by atoms with van der Waals surface area (Å²) in [7, 11) is 0. The topological polar surface area (TPSA) is 0 Å². The van der Waals surface area contributed by atoms with E-state index in [9.17, 15) is 0 Å². The fraction of sp³-hybridized carbons (Fsp3) is 0.263. The van der Waals surface area contributed by atoms with Crippen LogP contribution in [0.15, 0.2) is 48.5 Å². The zero-order valence-corrected chi connectivity index (χ0v) is 12.1. The Kier molecular flexibility index (Phi) is 4.57. The summed E-state index contributed by atoms with van der Waals surface area (Å²) >= 11 is 0. The Morgan fingerprint density at radius 3 is 2.53 bits per heavy atom. The minimum Gasteiger partial charge on any atom is -0.0871 e. The quantitative estimate of drug-likeness (QED) is 0.658. The fourth-order valence-electron chi connectivity index (χ4n) is 2.55. The van der Waals surface area contributed by atoms with E-state index in [0.717, 1.165) is 6.42 Å². The summed E-state index contributed by atoms with van der Waals surface area (Å²) in [5.41, 5.74) is 6.84. The van der Waals surface area contributed by atoms with Crippen molar-refractivity contribution in [3.63, 3.8) is 0 Å². The molecule has 0 aliphatic heterocycles. The molecule has 0 aromatic heterocycles. The third kappa shape index (κ3) is 3.14. The largest absolute Gasteiger partial charge is 0.0871 e. The van der Waals surface area contributed by atoms with Gasteiger partial charge in [0, 0.05) is 0 Å². The van der Waals surface area contributed by atoms with Crippen LogP contribution >= 0.6 is 0 Å². The van der Waals surface area contributed by atoms with Crippen molar-refractivity contribution in [1.29, 1.82) is 0 Å². The van der Waals surface area contributed by atoms with Gasteiger partial charge in [-0.05, 0) is 42.5 Å². The molecule has 0 nitrogen and oxygen atoms in total. The van der Waals surface area contributed by atoms with Crippen LogP contribution in [0.5, 0.6) is 0 Å². The summed E-state index contributed by atoms with van der Waals surface area (Å²) in [5, 5.41) is 0. The SMILES string of the molecule is C/C=C\c1cccc(-c2cccc(C)c2)c1CCC. The molecule has 0 aliphatic rings. The average molecular weight is 250 g/mol. The zero-order chi connectivity index (χ0) is 13.7. The highest BCUT2D eigenvalue weighted by Crippen LogP contribution is 2.28. The van der Waals surface area contributed by atoms with E-state index < -0.39 is 0 Å². The average Bonchev–Trinajstić information content (AvgIpc) is 2.41. The molecule has 0 bridgehead atoms. The molecule has 0 radical (unpaired) electrons. The maximum Gasteiger partial charge on any atom is -0.0146 e. The molecule has 98 valence electrons. The molecular formula is C19H22. The second kappa shape index (κ2) is 6.38. The molecule has 0 heterocycles. The second-order valence-electron chi connectivity index (χ2n) is 4.99. The summed E-state index contributed by atoms with van der Waals surface area (Å²) in [6, 6.07) is 15.4. The number of benzene rings is 2. The van der Waals surface area contributed by atoms with Crippen molar-refractivity contribution in [1.82, 2.24) is 0 Å². The molecule has 0 amide bonds. The van der Waals surface area contributed by atoms with Crippen LogP contribution in [0, 0.1) is 6.92 Å². The van der Waals surface area contributed by atoms with Gasteiger partial charge in [-0.1, -0.05) is 73.5 Å². The first-order valence-electron chi connectivity index (χ1n) is 7.08. The smallest absolute Gasteiger partial charge is 0.0146 e. The van der Waals surface area contributed by atoms with Crippen molar-refractivity contribution in [2.75, 3.05) is 0 Å². The maximum atomic E-state index is 2.27. The van der Waals surface area contributed by atoms with Crippen molar-refractivity contribution in [3.8, 4) is 11.1 Å². The van der Waals surface area contributed by atoms with E-state index in [4.69, 9.17) is 0 Å². The van der Waals surface area contributed by atoms with Crippen LogP contribution in [-0.2, 0) is 6.42 Å². The third-order valence-corrected chi connectivity index (χ3v) is 3.39. The van der Waals surface area contributed by atoms with Gasteiger partial charge in [0.2, 0.25) is 0 Å². The first-order chi connectivity index (χ1) is 9.26. The molecule has 0 spiro atoms. The molecular weight excluding hydrogens is 228 g/mol. The van der Waals surface area contributed by atoms with E-state index in [0.29, 0.717) is 0 Å². The molecule has 19 heavy (non-hydrogen) atoms. The van der Waals surface area contributed by atoms with Gasteiger partial charge in [-0.25, -0.2) is 0 Å². The normalized spacial score (nSPS) is 11.1. The lowest BCUT2D eigenvalue weighted by Crippen LogP contribution is -1.94. The first-order valence-corrected chi connectivity index (χ1v) is 7.08. The van der Waals surface area contributed by atoms with Gasteiger partial charge in [-0.15, -0.1) is 0 Å². The van der Waals surface area contributed by atoms with Crippen LogP contribution < -0.4 is 0 Å². The Balaban J connectivity index is 2.58. The van der Waals surface area contributed by atoms with Crippen LogP contribution in [0.4, 0.5) is 0 Å². The predicted molar refractivity (Wildman–Crippen MR) is 85.3 cm³/mol. The predicted octanol–water partition coefficient (Wildman–Crippen LogP) is 5.65. The van der Waals surface area contributed by atoms with Gasteiger partial charge in [0.15, 0.2) is 0 Å². The van der Waals surface area contributed by atoms with Crippen LogP contribution in [0.2, 0.25) is 0 Å². The van der Waals surface area contributed by atoms with E-state index in [1.54, 1.807) is 0 Å². The molecule has 2 aromatic carbocycles. The Morgan fingerprint density at radius 2 is 1.84 bits per heavy atom. The van der Waals surface area contributed by atoms with Crippen LogP contribution in [-0.4, -0.2) is 0 Å². The summed E-state index contributed by atoms with van der Waals surface area (Å²) in [6.45, 7) is 6.47. The molecule has 2 rings (SSSR count). The maximum absolute atomic E-state index is 2.27. The van der Waals surface area contributed by atoms with Gasteiger partial charge in [0.25, 0.3) is 0 Å². The van der Waals surface area contributed by atoms with Crippen LogP contribution in [0.3, 0.4) is 0 Å². The first kappa shape index (κ1) is 13.6. The molecule has 0 heteroatoms. The molecule has 0 saturated heterocycles. The number of hydrogen-bond acceptors (Lipinski definition) is 0. The van der Waals surface area contributed by atoms with Crippen molar-refractivity contribution >= 4 is 6.08 Å². The van der Waals surface area contributed by atoms with E-state index in [1.165, 1.54) is 34.2 Å². The standard InChI is InChI=1S/C19H22/c1-4-8-16-11-7-13-19(18(16)9-5-2)17-12-6-10-15(3)14-17/h4,6-8,10-14H,5,9H2,1-3H3/b8-4-. The van der Waals surface area contributed by atoms with Crippen molar-refractivity contribution in [2.45, 2.75) is 33.6 Å². The van der Waals surface area contributed by atoms with E-state index in [2.05, 4.69) is 75.4 Å². The van der Waals surface area contributed by atoms with Gasteiger partial charge in [0.05, 0.1) is 0 Å².